The van der Waals surface area contributed by atoms with Gasteiger partial charge in [0.05, 0.1) is 49.7 Å². The van der Waals surface area contributed by atoms with Crippen molar-refractivity contribution >= 4 is 23.6 Å². The zero-order valence-corrected chi connectivity index (χ0v) is 18.3. The summed E-state index contributed by atoms with van der Waals surface area (Å²) in [6.07, 6.45) is 1.00. The molecule has 0 aliphatic carbocycles. The second-order valence-corrected chi connectivity index (χ2v) is 8.75. The van der Waals surface area contributed by atoms with E-state index in [1.807, 2.05) is 6.92 Å². The molecule has 3 aliphatic rings. The Labute approximate surface area is 192 Å². The topological polar surface area (TPSA) is 88.0 Å². The largest absolute Gasteiger partial charge is 0.448 e. The zero-order valence-electron chi connectivity index (χ0n) is 18.3. The molecular formula is C22H22F3N5O4. The number of benzene rings is 1. The first-order valence-corrected chi connectivity index (χ1v) is 10.9. The maximum atomic E-state index is 13.6. The van der Waals surface area contributed by atoms with Crippen molar-refractivity contribution in [3.8, 4) is 0 Å². The Bertz CT molecular complexity index is 1160. The van der Waals surface area contributed by atoms with Gasteiger partial charge in [-0.05, 0) is 24.6 Å². The fraction of sp³-hybridized carbons (Fsp3) is 0.455. The molecule has 3 amide bonds. The summed E-state index contributed by atoms with van der Waals surface area (Å²) in [5.41, 5.74) is 1.24. The van der Waals surface area contributed by atoms with Gasteiger partial charge in [-0.3, -0.25) is 19.2 Å². The summed E-state index contributed by atoms with van der Waals surface area (Å²) in [6, 6.07) is 1.06. The van der Waals surface area contributed by atoms with Crippen LogP contribution in [0.2, 0.25) is 0 Å². The summed E-state index contributed by atoms with van der Waals surface area (Å²) in [6.45, 7) is 3.36. The fourth-order valence-electron chi connectivity index (χ4n) is 4.80. The van der Waals surface area contributed by atoms with Crippen LogP contribution in [-0.2, 0) is 33.8 Å². The first-order chi connectivity index (χ1) is 16.2. The third-order valence-corrected chi connectivity index (χ3v) is 6.56. The number of aromatic nitrogens is 2. The molecule has 2 saturated heterocycles. The number of nitrogens with zero attached hydrogens (tertiary/aromatic N) is 5. The van der Waals surface area contributed by atoms with Crippen LogP contribution >= 0.6 is 0 Å². The highest BCUT2D eigenvalue weighted by molar-refractivity contribution is 5.97. The molecule has 12 heteroatoms. The molecular weight excluding hydrogens is 455 g/mol. The number of cyclic esters (lactones) is 1. The van der Waals surface area contributed by atoms with Crippen molar-refractivity contribution in [1.29, 1.82) is 0 Å². The van der Waals surface area contributed by atoms with Crippen LogP contribution in [0.5, 0.6) is 0 Å². The van der Waals surface area contributed by atoms with Crippen LogP contribution in [0.25, 0.3) is 0 Å². The summed E-state index contributed by atoms with van der Waals surface area (Å²) in [5.74, 6) is -4.82. The van der Waals surface area contributed by atoms with E-state index >= 15 is 0 Å². The lowest BCUT2D eigenvalue weighted by Crippen LogP contribution is -2.46. The Morgan fingerprint density at radius 2 is 1.91 bits per heavy atom. The summed E-state index contributed by atoms with van der Waals surface area (Å²) in [7, 11) is 0. The van der Waals surface area contributed by atoms with Crippen molar-refractivity contribution in [3.05, 3.63) is 47.0 Å². The maximum Gasteiger partial charge on any atom is 0.410 e. The Morgan fingerprint density at radius 3 is 2.59 bits per heavy atom. The average Bonchev–Trinajstić information content (AvgIpc) is 3.49. The molecule has 34 heavy (non-hydrogen) atoms. The van der Waals surface area contributed by atoms with Crippen LogP contribution < -0.4 is 4.90 Å². The average molecular weight is 477 g/mol. The predicted octanol–water partition coefficient (Wildman–Crippen LogP) is 1.83. The Balaban J connectivity index is 1.34. The van der Waals surface area contributed by atoms with Gasteiger partial charge in [0.2, 0.25) is 11.8 Å². The van der Waals surface area contributed by atoms with Crippen molar-refractivity contribution in [1.82, 2.24) is 19.6 Å². The summed E-state index contributed by atoms with van der Waals surface area (Å²) in [4.78, 5) is 42.3. The number of ether oxygens (including phenoxy) is 1. The van der Waals surface area contributed by atoms with Gasteiger partial charge in [-0.25, -0.2) is 18.0 Å². The van der Waals surface area contributed by atoms with Crippen molar-refractivity contribution in [3.63, 3.8) is 0 Å². The fourth-order valence-corrected chi connectivity index (χ4v) is 4.80. The number of carbonyl (C=O) groups is 3. The van der Waals surface area contributed by atoms with Gasteiger partial charge in [-0.2, -0.15) is 5.10 Å². The van der Waals surface area contributed by atoms with E-state index in [0.29, 0.717) is 37.6 Å². The SMILES string of the molecule is C[C@H]1Cn2ncc(N3CC(N4CCOC4=O)CC3=O)c2CN1C(=O)Cc1cc(F)c(F)c(F)c1. The minimum absolute atomic E-state index is 0.0305. The van der Waals surface area contributed by atoms with Crippen molar-refractivity contribution in [2.75, 3.05) is 24.6 Å². The van der Waals surface area contributed by atoms with Crippen molar-refractivity contribution in [2.45, 2.75) is 44.9 Å². The number of anilines is 1. The summed E-state index contributed by atoms with van der Waals surface area (Å²) < 4.78 is 47.1. The van der Waals surface area contributed by atoms with Crippen molar-refractivity contribution in [2.24, 2.45) is 0 Å². The normalized spacial score (nSPS) is 22.4. The number of hydrogen-bond donors (Lipinski definition) is 0. The van der Waals surface area contributed by atoms with E-state index in [1.54, 1.807) is 25.6 Å². The number of amides is 3. The van der Waals surface area contributed by atoms with Crippen LogP contribution in [0.3, 0.4) is 0 Å². The third kappa shape index (κ3) is 3.76. The molecule has 2 aromatic rings. The minimum atomic E-state index is -1.58. The van der Waals surface area contributed by atoms with Crippen LogP contribution in [-0.4, -0.2) is 69.3 Å². The molecule has 2 fully saturated rings. The third-order valence-electron chi connectivity index (χ3n) is 6.56. The molecule has 9 nitrogen and oxygen atoms in total. The van der Waals surface area contributed by atoms with Gasteiger partial charge in [0.1, 0.15) is 6.61 Å². The highest BCUT2D eigenvalue weighted by Gasteiger charge is 2.41. The number of rotatable bonds is 4. The van der Waals surface area contributed by atoms with Gasteiger partial charge in [0.25, 0.3) is 0 Å². The molecule has 5 rings (SSSR count). The molecule has 4 heterocycles. The number of fused-ring (bicyclic) bond motifs is 1. The molecule has 1 aromatic heterocycles. The molecule has 2 atom stereocenters. The van der Waals surface area contributed by atoms with Gasteiger partial charge >= 0.3 is 6.09 Å². The lowest BCUT2D eigenvalue weighted by atomic mass is 10.1. The smallest absolute Gasteiger partial charge is 0.410 e. The van der Waals surface area contributed by atoms with Crippen LogP contribution in [0.1, 0.15) is 24.6 Å². The predicted molar refractivity (Wildman–Crippen MR) is 111 cm³/mol. The monoisotopic (exact) mass is 477 g/mol. The van der Waals surface area contributed by atoms with Gasteiger partial charge in [-0.15, -0.1) is 0 Å². The lowest BCUT2D eigenvalue weighted by Gasteiger charge is -2.35. The molecule has 0 radical (unpaired) electrons. The number of hydrogen-bond acceptors (Lipinski definition) is 5. The Morgan fingerprint density at radius 1 is 1.18 bits per heavy atom. The highest BCUT2D eigenvalue weighted by atomic mass is 19.2. The molecule has 1 unspecified atom stereocenters. The van der Waals surface area contributed by atoms with E-state index in [-0.39, 0.29) is 48.8 Å². The molecule has 1 aromatic carbocycles. The van der Waals surface area contributed by atoms with Crippen LogP contribution in [0.15, 0.2) is 18.3 Å². The minimum Gasteiger partial charge on any atom is -0.448 e. The van der Waals surface area contributed by atoms with Crippen LogP contribution in [0, 0.1) is 17.5 Å². The summed E-state index contributed by atoms with van der Waals surface area (Å²) >= 11 is 0. The quantitative estimate of drug-likeness (QED) is 0.627. The standard InChI is InChI=1S/C22H22F3N5O4/c1-12-9-30-18(11-28(12)19(31)6-13-4-15(23)21(25)16(24)5-13)17(8-26-30)29-10-14(7-20(29)32)27-2-3-34-22(27)33/h4-5,8,12,14H,2-3,6-7,9-11H2,1H3/t12-,14?/m0/s1. The van der Waals surface area contributed by atoms with E-state index in [2.05, 4.69) is 5.10 Å². The molecule has 180 valence electrons. The van der Waals surface area contributed by atoms with Crippen LogP contribution in [0.4, 0.5) is 23.7 Å². The molecule has 3 aliphatic heterocycles. The van der Waals surface area contributed by atoms with E-state index in [4.69, 9.17) is 4.74 Å². The molecule has 0 N–H and O–H groups in total. The highest BCUT2D eigenvalue weighted by Crippen LogP contribution is 2.32. The van der Waals surface area contributed by atoms with E-state index in [1.165, 1.54) is 0 Å². The van der Waals surface area contributed by atoms with E-state index in [9.17, 15) is 27.6 Å². The first-order valence-electron chi connectivity index (χ1n) is 10.9. The second kappa shape index (κ2) is 8.33. The summed E-state index contributed by atoms with van der Waals surface area (Å²) in [5, 5.41) is 4.37. The Kier molecular flexibility index (Phi) is 5.45. The second-order valence-electron chi connectivity index (χ2n) is 8.75. The first kappa shape index (κ1) is 22.2. The number of carbonyl (C=O) groups excluding carboxylic acids is 3. The van der Waals surface area contributed by atoms with Gasteiger partial charge < -0.3 is 14.5 Å². The lowest BCUT2D eigenvalue weighted by molar-refractivity contribution is -0.134. The Hall–Kier alpha value is -3.57. The molecule has 0 saturated carbocycles. The zero-order chi connectivity index (χ0) is 24.1. The van der Waals surface area contributed by atoms with Crippen molar-refractivity contribution < 1.29 is 32.3 Å². The number of halogens is 3. The molecule has 0 spiro atoms. The maximum absolute atomic E-state index is 13.6. The van der Waals surface area contributed by atoms with Gasteiger partial charge in [0.15, 0.2) is 17.5 Å². The van der Waals surface area contributed by atoms with E-state index in [0.717, 1.165) is 12.1 Å². The molecule has 0 bridgehead atoms. The van der Waals surface area contributed by atoms with E-state index < -0.39 is 23.5 Å². The van der Waals surface area contributed by atoms with Gasteiger partial charge in [-0.1, -0.05) is 0 Å². The van der Waals surface area contributed by atoms with Gasteiger partial charge in [0, 0.05) is 19.0 Å².